The van der Waals surface area contributed by atoms with Crippen LogP contribution in [-0.4, -0.2) is 47.8 Å². The van der Waals surface area contributed by atoms with E-state index < -0.39 is 0 Å². The number of rotatable bonds is 2. The molecule has 5 heteroatoms. The predicted molar refractivity (Wildman–Crippen MR) is 71.6 cm³/mol. The van der Waals surface area contributed by atoms with Crippen molar-refractivity contribution in [3.8, 4) is 0 Å². The van der Waals surface area contributed by atoms with E-state index >= 15 is 0 Å². The van der Waals surface area contributed by atoms with E-state index in [1.165, 1.54) is 11.3 Å². The first-order valence-corrected chi connectivity index (χ1v) is 6.89. The number of piperazine rings is 1. The molecular weight excluding hydrogens is 248 g/mol. The third-order valence-corrected chi connectivity index (χ3v) is 3.64. The second kappa shape index (κ2) is 5.82. The van der Waals surface area contributed by atoms with Crippen LogP contribution in [0.3, 0.4) is 0 Å². The van der Waals surface area contributed by atoms with Gasteiger partial charge in [0.05, 0.1) is 5.56 Å². The molecule has 2 rings (SSSR count). The molecule has 2 amide bonds. The molecular formula is C13H16N2O2S. The van der Waals surface area contributed by atoms with Crippen molar-refractivity contribution in [2.24, 2.45) is 0 Å². The average molecular weight is 264 g/mol. The molecule has 0 N–H and O–H groups in total. The van der Waals surface area contributed by atoms with Crippen molar-refractivity contribution < 1.29 is 9.59 Å². The fraction of sp³-hybridized carbons (Fsp3) is 0.385. The van der Waals surface area contributed by atoms with Crippen LogP contribution in [0.25, 0.3) is 0 Å². The molecule has 0 aromatic carbocycles. The van der Waals surface area contributed by atoms with Crippen molar-refractivity contribution in [2.45, 2.75) is 6.92 Å². The molecule has 0 unspecified atom stereocenters. The Bertz CT molecular complexity index is 446. The highest BCUT2D eigenvalue weighted by Crippen LogP contribution is 2.12. The van der Waals surface area contributed by atoms with Gasteiger partial charge in [0.25, 0.3) is 5.91 Å². The molecule has 2 heterocycles. The van der Waals surface area contributed by atoms with Gasteiger partial charge in [0, 0.05) is 31.6 Å². The minimum absolute atomic E-state index is 0.0279. The second-order valence-corrected chi connectivity index (χ2v) is 4.91. The van der Waals surface area contributed by atoms with Gasteiger partial charge in [0.2, 0.25) is 5.91 Å². The van der Waals surface area contributed by atoms with Gasteiger partial charge < -0.3 is 9.80 Å². The van der Waals surface area contributed by atoms with E-state index in [0.29, 0.717) is 26.2 Å². The number of hydrogen-bond acceptors (Lipinski definition) is 3. The first-order valence-electron chi connectivity index (χ1n) is 5.95. The summed E-state index contributed by atoms with van der Waals surface area (Å²) < 4.78 is 0. The van der Waals surface area contributed by atoms with Gasteiger partial charge in [0.15, 0.2) is 0 Å². The Morgan fingerprint density at radius 3 is 2.44 bits per heavy atom. The molecule has 96 valence electrons. The molecule has 0 saturated carbocycles. The summed E-state index contributed by atoms with van der Waals surface area (Å²) in [6.07, 6.45) is 3.31. The van der Waals surface area contributed by atoms with Crippen LogP contribution in [0.1, 0.15) is 17.3 Å². The Morgan fingerprint density at radius 1 is 1.22 bits per heavy atom. The highest BCUT2D eigenvalue weighted by molar-refractivity contribution is 7.08. The lowest BCUT2D eigenvalue weighted by molar-refractivity contribution is -0.127. The largest absolute Gasteiger partial charge is 0.336 e. The molecule has 1 aromatic rings. The van der Waals surface area contributed by atoms with Gasteiger partial charge in [-0.15, -0.1) is 0 Å². The lowest BCUT2D eigenvalue weighted by Crippen LogP contribution is -2.50. The lowest BCUT2D eigenvalue weighted by atomic mass is 10.2. The number of amides is 2. The number of thiophene rings is 1. The molecule has 1 aromatic heterocycles. The number of carbonyl (C=O) groups excluding carboxylic acids is 2. The molecule has 0 bridgehead atoms. The zero-order valence-corrected chi connectivity index (χ0v) is 11.2. The molecule has 0 radical (unpaired) electrons. The number of carbonyl (C=O) groups is 2. The SMILES string of the molecule is CC=CC(=O)N1CCN(C(=O)c2ccsc2)CC1. The average Bonchev–Trinajstić information content (AvgIpc) is 2.92. The molecule has 0 spiro atoms. The van der Waals surface area contributed by atoms with Crippen LogP contribution in [0.5, 0.6) is 0 Å². The summed E-state index contributed by atoms with van der Waals surface area (Å²) in [6.45, 7) is 4.27. The second-order valence-electron chi connectivity index (χ2n) is 4.13. The van der Waals surface area contributed by atoms with Crippen molar-refractivity contribution in [2.75, 3.05) is 26.2 Å². The highest BCUT2D eigenvalue weighted by Gasteiger charge is 2.23. The van der Waals surface area contributed by atoms with E-state index in [1.807, 2.05) is 28.7 Å². The molecule has 18 heavy (non-hydrogen) atoms. The number of hydrogen-bond donors (Lipinski definition) is 0. The first-order chi connectivity index (χ1) is 8.72. The van der Waals surface area contributed by atoms with Crippen molar-refractivity contribution in [3.63, 3.8) is 0 Å². The summed E-state index contributed by atoms with van der Waals surface area (Å²) in [5.74, 6) is 0.0921. The van der Waals surface area contributed by atoms with Crippen LogP contribution >= 0.6 is 11.3 Å². The normalized spacial score (nSPS) is 16.3. The minimum atomic E-state index is 0.0279. The van der Waals surface area contributed by atoms with Crippen LogP contribution < -0.4 is 0 Å². The summed E-state index contributed by atoms with van der Waals surface area (Å²) in [7, 11) is 0. The summed E-state index contributed by atoms with van der Waals surface area (Å²) in [5.41, 5.74) is 0.744. The van der Waals surface area contributed by atoms with Gasteiger partial charge in [-0.3, -0.25) is 9.59 Å². The van der Waals surface area contributed by atoms with E-state index in [2.05, 4.69) is 0 Å². The van der Waals surface area contributed by atoms with E-state index in [9.17, 15) is 9.59 Å². The zero-order valence-electron chi connectivity index (χ0n) is 10.3. The topological polar surface area (TPSA) is 40.6 Å². The van der Waals surface area contributed by atoms with Crippen LogP contribution in [0, 0.1) is 0 Å². The summed E-state index contributed by atoms with van der Waals surface area (Å²) in [5, 5.41) is 3.76. The summed E-state index contributed by atoms with van der Waals surface area (Å²) >= 11 is 1.52. The van der Waals surface area contributed by atoms with E-state index in [0.717, 1.165) is 5.56 Å². The van der Waals surface area contributed by atoms with Gasteiger partial charge in [-0.05, 0) is 24.4 Å². The molecule has 1 saturated heterocycles. The van der Waals surface area contributed by atoms with Gasteiger partial charge in [-0.1, -0.05) is 6.08 Å². The van der Waals surface area contributed by atoms with Crippen molar-refractivity contribution in [3.05, 3.63) is 34.5 Å². The zero-order chi connectivity index (χ0) is 13.0. The van der Waals surface area contributed by atoms with Crippen LogP contribution in [0.2, 0.25) is 0 Å². The maximum atomic E-state index is 12.1. The third kappa shape index (κ3) is 2.79. The van der Waals surface area contributed by atoms with Crippen molar-refractivity contribution in [1.82, 2.24) is 9.80 Å². The summed E-state index contributed by atoms with van der Waals surface area (Å²) in [6, 6.07) is 1.84. The monoisotopic (exact) mass is 264 g/mol. The molecule has 1 aliphatic rings. The van der Waals surface area contributed by atoms with Crippen LogP contribution in [-0.2, 0) is 4.79 Å². The van der Waals surface area contributed by atoms with Crippen LogP contribution in [0.15, 0.2) is 29.0 Å². The van der Waals surface area contributed by atoms with E-state index in [4.69, 9.17) is 0 Å². The summed E-state index contributed by atoms with van der Waals surface area (Å²) in [4.78, 5) is 27.3. The molecule has 0 aliphatic carbocycles. The Labute approximate surface area is 111 Å². The lowest BCUT2D eigenvalue weighted by Gasteiger charge is -2.34. The van der Waals surface area contributed by atoms with Gasteiger partial charge in [0.1, 0.15) is 0 Å². The first kappa shape index (κ1) is 12.8. The quantitative estimate of drug-likeness (QED) is 0.761. The fourth-order valence-corrected chi connectivity index (χ4v) is 2.58. The Kier molecular flexibility index (Phi) is 4.15. The van der Waals surface area contributed by atoms with Crippen LogP contribution in [0.4, 0.5) is 0 Å². The fourth-order valence-electron chi connectivity index (χ4n) is 1.95. The van der Waals surface area contributed by atoms with E-state index in [1.54, 1.807) is 17.1 Å². The highest BCUT2D eigenvalue weighted by atomic mass is 32.1. The maximum absolute atomic E-state index is 12.1. The minimum Gasteiger partial charge on any atom is -0.336 e. The maximum Gasteiger partial charge on any atom is 0.254 e. The Hall–Kier alpha value is -1.62. The third-order valence-electron chi connectivity index (χ3n) is 2.96. The van der Waals surface area contributed by atoms with Gasteiger partial charge in [-0.2, -0.15) is 11.3 Å². The molecule has 4 nitrogen and oxygen atoms in total. The van der Waals surface area contributed by atoms with Crippen molar-refractivity contribution in [1.29, 1.82) is 0 Å². The van der Waals surface area contributed by atoms with Gasteiger partial charge >= 0.3 is 0 Å². The smallest absolute Gasteiger partial charge is 0.254 e. The van der Waals surface area contributed by atoms with E-state index in [-0.39, 0.29) is 11.8 Å². The number of allylic oxidation sites excluding steroid dienone is 1. The molecule has 0 atom stereocenters. The Morgan fingerprint density at radius 2 is 1.89 bits per heavy atom. The van der Waals surface area contributed by atoms with Crippen molar-refractivity contribution >= 4 is 23.2 Å². The molecule has 1 aliphatic heterocycles. The standard InChI is InChI=1S/C13H16N2O2S/c1-2-3-12(16)14-5-7-15(8-6-14)13(17)11-4-9-18-10-11/h2-4,9-10H,5-8H2,1H3. The van der Waals surface area contributed by atoms with Gasteiger partial charge in [-0.25, -0.2) is 0 Å². The predicted octanol–water partition coefficient (Wildman–Crippen LogP) is 1.61. The Balaban J connectivity index is 1.91. The number of nitrogens with zero attached hydrogens (tertiary/aromatic N) is 2. The molecule has 1 fully saturated rings.